The first-order valence-electron chi connectivity index (χ1n) is 7.90. The maximum atomic E-state index is 12.9. The zero-order valence-corrected chi connectivity index (χ0v) is 13.4. The van der Waals surface area contributed by atoms with Crippen molar-refractivity contribution in [3.63, 3.8) is 0 Å². The van der Waals surface area contributed by atoms with Gasteiger partial charge in [0.2, 0.25) is 5.95 Å². The second kappa shape index (κ2) is 6.89. The van der Waals surface area contributed by atoms with Gasteiger partial charge in [-0.25, -0.2) is 14.4 Å². The number of nitrogens with zero attached hydrogens (tertiary/aromatic N) is 7. The Morgan fingerprint density at radius 3 is 2.76 bits per heavy atom. The number of anilines is 1. The Kier molecular flexibility index (Phi) is 4.30. The quantitative estimate of drug-likeness (QED) is 0.692. The fourth-order valence-corrected chi connectivity index (χ4v) is 2.71. The van der Waals surface area contributed by atoms with Crippen molar-refractivity contribution in [2.24, 2.45) is 0 Å². The minimum Gasteiger partial charge on any atom is -0.369 e. The molecule has 0 fully saturated rings. The molecule has 0 aliphatic carbocycles. The van der Waals surface area contributed by atoms with Crippen LogP contribution in [-0.2, 0) is 31.0 Å². The minimum absolute atomic E-state index is 0.384. The highest BCUT2D eigenvalue weighted by molar-refractivity contribution is 5.30. The van der Waals surface area contributed by atoms with E-state index in [2.05, 4.69) is 25.1 Å². The zero-order valence-electron chi connectivity index (χ0n) is 13.4. The van der Waals surface area contributed by atoms with Crippen LogP contribution < -0.4 is 4.90 Å². The van der Waals surface area contributed by atoms with Crippen LogP contribution in [0.25, 0.3) is 0 Å². The molecule has 3 aromatic rings. The highest BCUT2D eigenvalue weighted by Gasteiger charge is 2.22. The number of pyridine rings is 1. The van der Waals surface area contributed by atoms with E-state index in [0.29, 0.717) is 38.8 Å². The van der Waals surface area contributed by atoms with Crippen molar-refractivity contribution < 1.29 is 9.13 Å². The van der Waals surface area contributed by atoms with Gasteiger partial charge in [-0.05, 0) is 11.6 Å². The Bertz CT molecular complexity index is 837. The Hall–Kier alpha value is -2.94. The van der Waals surface area contributed by atoms with E-state index in [1.165, 1.54) is 12.4 Å². The molecule has 4 heterocycles. The van der Waals surface area contributed by atoms with Crippen molar-refractivity contribution in [2.45, 2.75) is 26.3 Å². The van der Waals surface area contributed by atoms with E-state index in [0.717, 1.165) is 17.2 Å². The fourth-order valence-electron chi connectivity index (χ4n) is 2.71. The van der Waals surface area contributed by atoms with E-state index in [1.807, 2.05) is 21.6 Å². The molecule has 0 spiro atoms. The van der Waals surface area contributed by atoms with Crippen LogP contribution in [0.15, 0.2) is 36.9 Å². The summed E-state index contributed by atoms with van der Waals surface area (Å²) in [5.41, 5.74) is 1.01. The van der Waals surface area contributed by atoms with E-state index in [1.54, 1.807) is 12.4 Å². The standard InChI is InChI=1S/C16H16FN7O/c17-13-7-19-16(20-8-13)23-4-5-24-14(9-23)21-22-15(24)11-25-10-12-2-1-3-18-6-12/h1-3,6-8H,4-5,9-11H2. The third-order valence-electron chi connectivity index (χ3n) is 3.94. The molecule has 0 saturated carbocycles. The molecule has 8 nitrogen and oxygen atoms in total. The van der Waals surface area contributed by atoms with Crippen molar-refractivity contribution in [3.05, 3.63) is 59.9 Å². The molecular formula is C16H16FN7O. The normalized spacial score (nSPS) is 13.7. The lowest BCUT2D eigenvalue weighted by molar-refractivity contribution is 0.0986. The Morgan fingerprint density at radius 2 is 1.96 bits per heavy atom. The summed E-state index contributed by atoms with van der Waals surface area (Å²) in [6.07, 6.45) is 5.84. The van der Waals surface area contributed by atoms with E-state index in [9.17, 15) is 4.39 Å². The summed E-state index contributed by atoms with van der Waals surface area (Å²) in [6, 6.07) is 3.84. The monoisotopic (exact) mass is 341 g/mol. The highest BCUT2D eigenvalue weighted by atomic mass is 19.1. The lowest BCUT2D eigenvalue weighted by atomic mass is 10.3. The second-order valence-corrected chi connectivity index (χ2v) is 5.66. The maximum absolute atomic E-state index is 12.9. The third kappa shape index (κ3) is 3.45. The fraction of sp³-hybridized carbons (Fsp3) is 0.312. The van der Waals surface area contributed by atoms with Gasteiger partial charge in [0.15, 0.2) is 17.5 Å². The highest BCUT2D eigenvalue weighted by Crippen LogP contribution is 2.17. The van der Waals surface area contributed by atoms with E-state index < -0.39 is 5.82 Å². The van der Waals surface area contributed by atoms with Crippen LogP contribution in [0.4, 0.5) is 10.3 Å². The Labute approximate surface area is 143 Å². The summed E-state index contributed by atoms with van der Waals surface area (Å²) in [4.78, 5) is 14.0. The van der Waals surface area contributed by atoms with Crippen LogP contribution in [0.2, 0.25) is 0 Å². The number of fused-ring (bicyclic) bond motifs is 1. The van der Waals surface area contributed by atoms with Gasteiger partial charge in [-0.3, -0.25) is 4.98 Å². The van der Waals surface area contributed by atoms with E-state index in [4.69, 9.17) is 4.74 Å². The summed E-state index contributed by atoms with van der Waals surface area (Å²) in [5.74, 6) is 1.65. The first-order valence-corrected chi connectivity index (χ1v) is 7.90. The summed E-state index contributed by atoms with van der Waals surface area (Å²) in [6.45, 7) is 2.79. The van der Waals surface area contributed by atoms with Crippen LogP contribution in [0.1, 0.15) is 17.2 Å². The van der Waals surface area contributed by atoms with Gasteiger partial charge in [-0.2, -0.15) is 0 Å². The number of ether oxygens (including phenoxy) is 1. The summed E-state index contributed by atoms with van der Waals surface area (Å²) < 4.78 is 20.7. The predicted molar refractivity (Wildman–Crippen MR) is 85.8 cm³/mol. The number of halogens is 1. The molecule has 1 aliphatic rings. The van der Waals surface area contributed by atoms with Gasteiger partial charge in [-0.1, -0.05) is 6.07 Å². The average molecular weight is 341 g/mol. The largest absolute Gasteiger partial charge is 0.369 e. The number of hydrogen-bond donors (Lipinski definition) is 0. The summed E-state index contributed by atoms with van der Waals surface area (Å²) >= 11 is 0. The lowest BCUT2D eigenvalue weighted by Crippen LogP contribution is -2.35. The molecule has 25 heavy (non-hydrogen) atoms. The van der Waals surface area contributed by atoms with Crippen LogP contribution in [0, 0.1) is 5.82 Å². The molecule has 9 heteroatoms. The van der Waals surface area contributed by atoms with Crippen molar-refractivity contribution in [3.8, 4) is 0 Å². The van der Waals surface area contributed by atoms with Crippen LogP contribution in [0.5, 0.6) is 0 Å². The molecule has 0 bridgehead atoms. The molecule has 1 aliphatic heterocycles. The number of rotatable bonds is 5. The van der Waals surface area contributed by atoms with Crippen LogP contribution in [0.3, 0.4) is 0 Å². The smallest absolute Gasteiger partial charge is 0.225 e. The third-order valence-corrected chi connectivity index (χ3v) is 3.94. The van der Waals surface area contributed by atoms with Gasteiger partial charge in [0, 0.05) is 25.5 Å². The van der Waals surface area contributed by atoms with Gasteiger partial charge in [-0.15, -0.1) is 10.2 Å². The van der Waals surface area contributed by atoms with Crippen molar-refractivity contribution in [2.75, 3.05) is 11.4 Å². The van der Waals surface area contributed by atoms with Crippen LogP contribution >= 0.6 is 0 Å². The topological polar surface area (TPSA) is 81.9 Å². The maximum Gasteiger partial charge on any atom is 0.225 e. The van der Waals surface area contributed by atoms with Gasteiger partial charge >= 0.3 is 0 Å². The molecule has 0 saturated heterocycles. The molecule has 0 unspecified atom stereocenters. The molecule has 0 radical (unpaired) electrons. The summed E-state index contributed by atoms with van der Waals surface area (Å²) in [7, 11) is 0. The first-order chi connectivity index (χ1) is 12.3. The molecule has 4 rings (SSSR count). The van der Waals surface area contributed by atoms with Crippen molar-refractivity contribution >= 4 is 5.95 Å². The van der Waals surface area contributed by atoms with Gasteiger partial charge in [0.25, 0.3) is 0 Å². The summed E-state index contributed by atoms with van der Waals surface area (Å²) in [5, 5.41) is 8.44. The lowest BCUT2D eigenvalue weighted by Gasteiger charge is -2.27. The van der Waals surface area contributed by atoms with Gasteiger partial charge in [0.1, 0.15) is 6.61 Å². The Morgan fingerprint density at radius 1 is 1.08 bits per heavy atom. The van der Waals surface area contributed by atoms with E-state index in [-0.39, 0.29) is 0 Å². The van der Waals surface area contributed by atoms with Crippen LogP contribution in [-0.4, -0.2) is 36.3 Å². The molecule has 0 atom stereocenters. The number of aromatic nitrogens is 6. The SMILES string of the molecule is Fc1cnc(N2CCn3c(COCc4cccnc4)nnc3C2)nc1. The number of hydrogen-bond acceptors (Lipinski definition) is 7. The predicted octanol–water partition coefficient (Wildman–Crippen LogP) is 1.34. The van der Waals surface area contributed by atoms with E-state index >= 15 is 0 Å². The van der Waals surface area contributed by atoms with Crippen molar-refractivity contribution in [1.82, 2.24) is 29.7 Å². The van der Waals surface area contributed by atoms with Gasteiger partial charge in [0.05, 0.1) is 25.5 Å². The Balaban J connectivity index is 1.39. The average Bonchev–Trinajstić information content (AvgIpc) is 3.06. The zero-order chi connectivity index (χ0) is 17.1. The molecule has 0 aromatic carbocycles. The molecule has 0 amide bonds. The minimum atomic E-state index is -0.447. The second-order valence-electron chi connectivity index (χ2n) is 5.66. The van der Waals surface area contributed by atoms with Crippen molar-refractivity contribution in [1.29, 1.82) is 0 Å². The molecular weight excluding hydrogens is 325 g/mol. The molecule has 3 aromatic heterocycles. The molecule has 128 valence electrons. The first kappa shape index (κ1) is 15.6. The molecule has 0 N–H and O–H groups in total. The van der Waals surface area contributed by atoms with Gasteiger partial charge < -0.3 is 14.2 Å².